The number of amides is 2. The fourth-order valence-electron chi connectivity index (χ4n) is 1.35. The van der Waals surface area contributed by atoms with Crippen LogP contribution in [0.15, 0.2) is 35.4 Å². The number of nitrogens with two attached hydrogens (primary N) is 1. The second kappa shape index (κ2) is 7.05. The zero-order valence-corrected chi connectivity index (χ0v) is 10.00. The third kappa shape index (κ3) is 4.25. The Bertz CT molecular complexity index is 431. The molecule has 2 amide bonds. The number of esters is 1. The molecule has 1 rings (SSSR count). The van der Waals surface area contributed by atoms with Crippen molar-refractivity contribution >= 4 is 18.2 Å². The predicted octanol–water partition coefficient (Wildman–Crippen LogP) is 0.987. The monoisotopic (exact) mass is 249 g/mol. The first-order chi connectivity index (χ1) is 8.65. The summed E-state index contributed by atoms with van der Waals surface area (Å²) >= 11 is 0. The van der Waals surface area contributed by atoms with Crippen LogP contribution in [0.4, 0.5) is 4.79 Å². The van der Waals surface area contributed by atoms with Gasteiger partial charge in [-0.3, -0.25) is 4.79 Å². The van der Waals surface area contributed by atoms with Crippen molar-refractivity contribution in [3.63, 3.8) is 0 Å². The van der Waals surface area contributed by atoms with Crippen LogP contribution in [-0.4, -0.2) is 24.8 Å². The zero-order valence-electron chi connectivity index (χ0n) is 10.00. The van der Waals surface area contributed by atoms with Gasteiger partial charge in [-0.2, -0.15) is 5.10 Å². The molecule has 0 aromatic heterocycles. The molecule has 1 aromatic carbocycles. The van der Waals surface area contributed by atoms with Gasteiger partial charge in [0.25, 0.3) is 0 Å². The minimum atomic E-state index is -0.790. The molecule has 1 atom stereocenters. The number of urea groups is 1. The number of hydrogen-bond acceptors (Lipinski definition) is 4. The summed E-state index contributed by atoms with van der Waals surface area (Å²) in [5.74, 6) is -1.10. The maximum atomic E-state index is 11.8. The molecule has 0 radical (unpaired) electrons. The lowest BCUT2D eigenvalue weighted by Gasteiger charge is -2.11. The van der Waals surface area contributed by atoms with E-state index in [1.165, 1.54) is 6.21 Å². The van der Waals surface area contributed by atoms with E-state index in [1.54, 1.807) is 31.2 Å². The Balaban J connectivity index is 2.85. The van der Waals surface area contributed by atoms with E-state index in [9.17, 15) is 9.59 Å². The molecule has 6 heteroatoms. The summed E-state index contributed by atoms with van der Waals surface area (Å²) in [4.78, 5) is 22.3. The second-order valence-electron chi connectivity index (χ2n) is 3.39. The highest BCUT2D eigenvalue weighted by atomic mass is 16.5. The average Bonchev–Trinajstić information content (AvgIpc) is 2.35. The van der Waals surface area contributed by atoms with Crippen molar-refractivity contribution in [1.29, 1.82) is 0 Å². The Morgan fingerprint density at radius 1 is 1.44 bits per heavy atom. The summed E-state index contributed by atoms with van der Waals surface area (Å²) < 4.78 is 4.94. The summed E-state index contributed by atoms with van der Waals surface area (Å²) in [6, 6.07) is 8.20. The van der Waals surface area contributed by atoms with Crippen molar-refractivity contribution in [2.45, 2.75) is 12.8 Å². The molecule has 18 heavy (non-hydrogen) atoms. The highest BCUT2D eigenvalue weighted by molar-refractivity contribution is 5.96. The standard InChI is InChI=1S/C12H15N3O3/c1-2-18-11(16)10(8-14-15-12(13)17)9-6-4-3-5-7-9/h3-8,10H,2H2,1H3,(H3,13,15,17). The van der Waals surface area contributed by atoms with Gasteiger partial charge in [-0.05, 0) is 12.5 Å². The zero-order chi connectivity index (χ0) is 13.4. The van der Waals surface area contributed by atoms with E-state index in [1.807, 2.05) is 11.5 Å². The first-order valence-corrected chi connectivity index (χ1v) is 5.45. The molecule has 1 unspecified atom stereocenters. The molecule has 6 nitrogen and oxygen atoms in total. The minimum Gasteiger partial charge on any atom is -0.465 e. The Morgan fingerprint density at radius 2 is 2.11 bits per heavy atom. The number of carbonyl (C=O) groups is 2. The van der Waals surface area contributed by atoms with Gasteiger partial charge in [0.1, 0.15) is 5.92 Å². The Kier molecular flexibility index (Phi) is 5.37. The van der Waals surface area contributed by atoms with Crippen LogP contribution < -0.4 is 11.2 Å². The second-order valence-corrected chi connectivity index (χ2v) is 3.39. The van der Waals surface area contributed by atoms with Gasteiger partial charge in [0.2, 0.25) is 0 Å². The van der Waals surface area contributed by atoms with Gasteiger partial charge >= 0.3 is 12.0 Å². The summed E-state index contributed by atoms with van der Waals surface area (Å²) in [7, 11) is 0. The van der Waals surface area contributed by atoms with Crippen molar-refractivity contribution in [3.8, 4) is 0 Å². The molecule has 0 fully saturated rings. The molecule has 0 aliphatic heterocycles. The topological polar surface area (TPSA) is 93.8 Å². The van der Waals surface area contributed by atoms with Gasteiger partial charge in [-0.25, -0.2) is 10.2 Å². The van der Waals surface area contributed by atoms with Crippen LogP contribution in [0, 0.1) is 0 Å². The smallest absolute Gasteiger partial charge is 0.332 e. The number of benzene rings is 1. The van der Waals surface area contributed by atoms with E-state index in [2.05, 4.69) is 5.10 Å². The molecule has 0 bridgehead atoms. The summed E-state index contributed by atoms with van der Waals surface area (Å²) in [5.41, 5.74) is 7.64. The van der Waals surface area contributed by atoms with Crippen LogP contribution in [0.1, 0.15) is 18.4 Å². The van der Waals surface area contributed by atoms with Crippen molar-refractivity contribution in [3.05, 3.63) is 35.9 Å². The molecule has 0 aliphatic carbocycles. The number of primary amides is 1. The molecule has 0 aliphatic rings. The number of nitrogens with one attached hydrogen (secondary N) is 1. The number of rotatable bonds is 5. The van der Waals surface area contributed by atoms with Crippen molar-refractivity contribution < 1.29 is 14.3 Å². The fraction of sp³-hybridized carbons (Fsp3) is 0.250. The highest BCUT2D eigenvalue weighted by Gasteiger charge is 2.19. The van der Waals surface area contributed by atoms with E-state index in [4.69, 9.17) is 10.5 Å². The van der Waals surface area contributed by atoms with Gasteiger partial charge < -0.3 is 10.5 Å². The van der Waals surface area contributed by atoms with Crippen LogP contribution in [-0.2, 0) is 9.53 Å². The van der Waals surface area contributed by atoms with Crippen LogP contribution >= 0.6 is 0 Å². The number of carbonyl (C=O) groups excluding carboxylic acids is 2. The SMILES string of the molecule is CCOC(=O)C(C=NNC(N)=O)c1ccccc1. The van der Waals surface area contributed by atoms with Gasteiger partial charge in [0, 0.05) is 6.21 Å². The number of ether oxygens (including phenoxy) is 1. The van der Waals surface area contributed by atoms with Gasteiger partial charge in [0.15, 0.2) is 0 Å². The fourth-order valence-corrected chi connectivity index (χ4v) is 1.35. The number of hydrogen-bond donors (Lipinski definition) is 2. The highest BCUT2D eigenvalue weighted by Crippen LogP contribution is 2.15. The third-order valence-electron chi connectivity index (χ3n) is 2.10. The van der Waals surface area contributed by atoms with Crippen molar-refractivity contribution in [1.82, 2.24) is 5.43 Å². The first kappa shape index (κ1) is 13.7. The van der Waals surface area contributed by atoms with Gasteiger partial charge in [0.05, 0.1) is 6.61 Å². The quantitative estimate of drug-likeness (QED) is 0.463. The van der Waals surface area contributed by atoms with Crippen LogP contribution in [0.25, 0.3) is 0 Å². The summed E-state index contributed by atoms with van der Waals surface area (Å²) in [6.45, 7) is 2.00. The average molecular weight is 249 g/mol. The Labute approximate surface area is 105 Å². The first-order valence-electron chi connectivity index (χ1n) is 5.45. The van der Waals surface area contributed by atoms with Crippen LogP contribution in [0.2, 0.25) is 0 Å². The molecule has 1 aromatic rings. The van der Waals surface area contributed by atoms with E-state index in [0.29, 0.717) is 0 Å². The molecule has 0 heterocycles. The predicted molar refractivity (Wildman–Crippen MR) is 67.0 cm³/mol. The Hall–Kier alpha value is -2.37. The van der Waals surface area contributed by atoms with Crippen molar-refractivity contribution in [2.24, 2.45) is 10.8 Å². The minimum absolute atomic E-state index is 0.277. The molecule has 96 valence electrons. The van der Waals surface area contributed by atoms with E-state index in [-0.39, 0.29) is 6.61 Å². The summed E-state index contributed by atoms with van der Waals surface area (Å²) in [5, 5.41) is 3.60. The molecular weight excluding hydrogens is 234 g/mol. The molecule has 0 spiro atoms. The van der Waals surface area contributed by atoms with Gasteiger partial charge in [-0.15, -0.1) is 0 Å². The van der Waals surface area contributed by atoms with E-state index >= 15 is 0 Å². The maximum Gasteiger partial charge on any atom is 0.332 e. The molecular formula is C12H15N3O3. The number of hydrazone groups is 1. The van der Waals surface area contributed by atoms with Crippen LogP contribution in [0.5, 0.6) is 0 Å². The van der Waals surface area contributed by atoms with Crippen LogP contribution in [0.3, 0.4) is 0 Å². The largest absolute Gasteiger partial charge is 0.465 e. The lowest BCUT2D eigenvalue weighted by Crippen LogP contribution is -2.26. The number of nitrogens with zero attached hydrogens (tertiary/aromatic N) is 1. The van der Waals surface area contributed by atoms with E-state index in [0.717, 1.165) is 5.56 Å². The third-order valence-corrected chi connectivity index (χ3v) is 2.10. The normalized spacial score (nSPS) is 12.1. The molecule has 0 saturated heterocycles. The summed E-state index contributed by atoms with van der Waals surface area (Å²) in [6.07, 6.45) is 1.29. The molecule has 3 N–H and O–H groups in total. The van der Waals surface area contributed by atoms with Gasteiger partial charge in [-0.1, -0.05) is 30.3 Å². The Morgan fingerprint density at radius 3 is 2.67 bits per heavy atom. The lowest BCUT2D eigenvalue weighted by molar-refractivity contribution is -0.143. The van der Waals surface area contributed by atoms with E-state index < -0.39 is 17.9 Å². The lowest BCUT2D eigenvalue weighted by atomic mass is 10.0. The molecule has 0 saturated carbocycles. The maximum absolute atomic E-state index is 11.8. The van der Waals surface area contributed by atoms with Crippen molar-refractivity contribution in [2.75, 3.05) is 6.61 Å².